The molecule has 32 heavy (non-hydrogen) atoms. The smallest absolute Gasteiger partial charge is 0.385 e. The molecule has 0 spiro atoms. The minimum atomic E-state index is -2.65. The topological polar surface area (TPSA) is 92.9 Å². The van der Waals surface area contributed by atoms with E-state index < -0.39 is 14.7 Å². The number of rotatable bonds is 11. The summed E-state index contributed by atoms with van der Waals surface area (Å²) in [6.45, 7) is 8.35. The van der Waals surface area contributed by atoms with Crippen molar-refractivity contribution in [2.75, 3.05) is 31.7 Å². The van der Waals surface area contributed by atoms with Gasteiger partial charge in [-0.2, -0.15) is 5.26 Å². The van der Waals surface area contributed by atoms with Crippen molar-refractivity contribution in [2.24, 2.45) is 4.99 Å². The average molecular weight is 450 g/mol. The fraction of sp³-hybridized carbons (Fsp3) is 0.375. The third kappa shape index (κ3) is 3.78. The highest BCUT2D eigenvalue weighted by atomic mass is 28.4. The summed E-state index contributed by atoms with van der Waals surface area (Å²) in [5, 5.41) is 15.1. The van der Waals surface area contributed by atoms with E-state index in [4.69, 9.17) is 13.3 Å². The Morgan fingerprint density at radius 2 is 1.75 bits per heavy atom. The Labute approximate surface area is 189 Å². The SMILES string of the molecule is CCO[Si](CCCNc1ccc2c3c(cccc13)C1=NC(=O)C(C#N)=C12)(OCC)OCC. The number of amides is 1. The van der Waals surface area contributed by atoms with Crippen LogP contribution >= 0.6 is 0 Å². The van der Waals surface area contributed by atoms with Crippen molar-refractivity contribution >= 4 is 42.5 Å². The minimum absolute atomic E-state index is 0.127. The number of anilines is 1. The molecule has 2 aromatic rings. The first-order valence-electron chi connectivity index (χ1n) is 11.1. The second-order valence-electron chi connectivity index (χ2n) is 7.53. The Morgan fingerprint density at radius 1 is 1.03 bits per heavy atom. The standard InChI is InChI=1S/C24H27N3O4Si/c1-4-29-32(30-5-2,31-6-3)14-8-13-26-20-12-11-17-21-16(20)9-7-10-18(21)23-22(17)19(15-25)24(28)27-23/h7,9-12,26H,4-6,8,13-14H2,1-3H3. The van der Waals surface area contributed by atoms with Crippen molar-refractivity contribution in [1.82, 2.24) is 0 Å². The van der Waals surface area contributed by atoms with E-state index in [-0.39, 0.29) is 5.57 Å². The molecule has 8 heteroatoms. The number of aliphatic imine (C=N–C) groups is 1. The number of nitrogens with one attached hydrogen (secondary N) is 1. The van der Waals surface area contributed by atoms with Gasteiger partial charge in [0.2, 0.25) is 0 Å². The van der Waals surface area contributed by atoms with E-state index in [1.165, 1.54) is 0 Å². The number of fused-ring (bicyclic) bond motifs is 3. The quantitative estimate of drug-likeness (QED) is 0.406. The maximum Gasteiger partial charge on any atom is 0.500 e. The zero-order valence-electron chi connectivity index (χ0n) is 18.7. The van der Waals surface area contributed by atoms with Crippen LogP contribution in [0.15, 0.2) is 40.9 Å². The molecule has 1 amide bonds. The summed E-state index contributed by atoms with van der Waals surface area (Å²) in [6, 6.07) is 12.7. The predicted octanol–water partition coefficient (Wildman–Crippen LogP) is 4.31. The number of allylic oxidation sites excluding steroid dienone is 1. The van der Waals surface area contributed by atoms with Crippen LogP contribution in [-0.2, 0) is 18.1 Å². The molecule has 166 valence electrons. The Kier molecular flexibility index (Phi) is 6.53. The lowest BCUT2D eigenvalue weighted by Crippen LogP contribution is -2.46. The van der Waals surface area contributed by atoms with Crippen molar-refractivity contribution in [3.63, 3.8) is 0 Å². The molecule has 0 atom stereocenters. The van der Waals surface area contributed by atoms with Gasteiger partial charge in [0.25, 0.3) is 5.91 Å². The van der Waals surface area contributed by atoms with Crippen LogP contribution in [0.5, 0.6) is 0 Å². The molecule has 4 rings (SSSR count). The Balaban J connectivity index is 1.55. The van der Waals surface area contributed by atoms with Gasteiger partial charge in [-0.3, -0.25) is 4.79 Å². The van der Waals surface area contributed by atoms with E-state index in [1.54, 1.807) is 0 Å². The van der Waals surface area contributed by atoms with Crippen molar-refractivity contribution in [2.45, 2.75) is 33.2 Å². The first-order valence-corrected chi connectivity index (χ1v) is 13.0. The zero-order valence-corrected chi connectivity index (χ0v) is 19.7. The lowest BCUT2D eigenvalue weighted by Gasteiger charge is -2.28. The molecule has 1 aliphatic carbocycles. The molecule has 0 saturated heterocycles. The highest BCUT2D eigenvalue weighted by molar-refractivity contribution is 6.60. The maximum atomic E-state index is 12.1. The predicted molar refractivity (Wildman–Crippen MR) is 127 cm³/mol. The molecule has 2 aliphatic rings. The van der Waals surface area contributed by atoms with E-state index in [0.717, 1.165) is 46.6 Å². The average Bonchev–Trinajstić information content (AvgIpc) is 3.27. The van der Waals surface area contributed by atoms with Gasteiger partial charge in [0.05, 0.1) is 5.71 Å². The van der Waals surface area contributed by atoms with Crippen LogP contribution in [0.2, 0.25) is 6.04 Å². The summed E-state index contributed by atoms with van der Waals surface area (Å²) < 4.78 is 17.8. The van der Waals surface area contributed by atoms with Crippen LogP contribution in [-0.4, -0.2) is 46.8 Å². The highest BCUT2D eigenvalue weighted by Crippen LogP contribution is 2.44. The first-order chi connectivity index (χ1) is 15.6. The molecule has 7 nitrogen and oxygen atoms in total. The fourth-order valence-corrected chi connectivity index (χ4v) is 7.11. The lowest BCUT2D eigenvalue weighted by atomic mass is 10.0. The largest absolute Gasteiger partial charge is 0.500 e. The normalized spacial score (nSPS) is 14.7. The number of carbonyl (C=O) groups excluding carboxylic acids is 1. The Morgan fingerprint density at radius 3 is 2.41 bits per heavy atom. The number of benzene rings is 2. The summed E-state index contributed by atoms with van der Waals surface area (Å²) in [5.41, 5.74) is 4.22. The van der Waals surface area contributed by atoms with Crippen molar-refractivity contribution in [3.8, 4) is 6.07 Å². The number of hydrogen-bond donors (Lipinski definition) is 1. The summed E-state index contributed by atoms with van der Waals surface area (Å²) in [4.78, 5) is 16.3. The van der Waals surface area contributed by atoms with Crippen LogP contribution in [0.25, 0.3) is 16.3 Å². The van der Waals surface area contributed by atoms with Crippen molar-refractivity contribution < 1.29 is 18.1 Å². The van der Waals surface area contributed by atoms with Gasteiger partial charge < -0.3 is 18.6 Å². The number of nitriles is 1. The van der Waals surface area contributed by atoms with Gasteiger partial charge >= 0.3 is 8.80 Å². The van der Waals surface area contributed by atoms with Crippen molar-refractivity contribution in [1.29, 1.82) is 5.26 Å². The molecule has 0 saturated carbocycles. The van der Waals surface area contributed by atoms with Crippen LogP contribution < -0.4 is 5.32 Å². The second-order valence-corrected chi connectivity index (χ2v) is 10.3. The molecular formula is C24H27N3O4Si. The Hall–Kier alpha value is -2.83. The minimum Gasteiger partial charge on any atom is -0.385 e. The van der Waals surface area contributed by atoms with Crippen LogP contribution in [0.1, 0.15) is 38.3 Å². The van der Waals surface area contributed by atoms with Gasteiger partial charge in [0.1, 0.15) is 11.6 Å². The monoisotopic (exact) mass is 449 g/mol. The molecule has 0 radical (unpaired) electrons. The molecule has 1 aliphatic heterocycles. The van der Waals surface area contributed by atoms with Crippen LogP contribution in [0, 0.1) is 11.3 Å². The molecule has 0 aromatic heterocycles. The van der Waals surface area contributed by atoms with Crippen LogP contribution in [0.3, 0.4) is 0 Å². The molecular weight excluding hydrogens is 422 g/mol. The molecule has 0 bridgehead atoms. The van der Waals surface area contributed by atoms with Gasteiger partial charge in [-0.1, -0.05) is 24.3 Å². The third-order valence-electron chi connectivity index (χ3n) is 5.66. The highest BCUT2D eigenvalue weighted by Gasteiger charge is 2.40. The number of carbonyl (C=O) groups is 1. The second kappa shape index (κ2) is 9.34. The van der Waals surface area contributed by atoms with Crippen LogP contribution in [0.4, 0.5) is 5.69 Å². The third-order valence-corrected chi connectivity index (χ3v) is 8.81. The number of hydrogen-bond acceptors (Lipinski definition) is 6. The number of nitrogens with zero attached hydrogens (tertiary/aromatic N) is 2. The summed E-state index contributed by atoms with van der Waals surface area (Å²) in [5.74, 6) is -0.451. The van der Waals surface area contributed by atoms with Crippen molar-refractivity contribution in [3.05, 3.63) is 47.0 Å². The van der Waals surface area contributed by atoms with Gasteiger partial charge in [0.15, 0.2) is 0 Å². The molecule has 1 heterocycles. The van der Waals surface area contributed by atoms with Gasteiger partial charge in [0, 0.05) is 60.0 Å². The summed E-state index contributed by atoms with van der Waals surface area (Å²) in [7, 11) is -2.65. The maximum absolute atomic E-state index is 12.1. The van der Waals surface area contributed by atoms with Gasteiger partial charge in [-0.25, -0.2) is 4.99 Å². The Bertz CT molecular complexity index is 1150. The summed E-state index contributed by atoms with van der Waals surface area (Å²) in [6.07, 6.45) is 0.847. The van der Waals surface area contributed by atoms with E-state index in [1.807, 2.05) is 51.1 Å². The van der Waals surface area contributed by atoms with E-state index in [2.05, 4.69) is 16.4 Å². The van der Waals surface area contributed by atoms with E-state index in [9.17, 15) is 10.1 Å². The molecule has 0 fully saturated rings. The van der Waals surface area contributed by atoms with Gasteiger partial charge in [-0.15, -0.1) is 0 Å². The van der Waals surface area contributed by atoms with E-state index >= 15 is 0 Å². The molecule has 2 aromatic carbocycles. The first kappa shape index (κ1) is 22.4. The molecule has 0 unspecified atom stereocenters. The molecule has 1 N–H and O–H groups in total. The van der Waals surface area contributed by atoms with E-state index in [0.29, 0.717) is 31.1 Å². The summed E-state index contributed by atoms with van der Waals surface area (Å²) >= 11 is 0. The zero-order chi connectivity index (χ0) is 22.7. The lowest BCUT2D eigenvalue weighted by molar-refractivity contribution is -0.113. The fourth-order valence-electron chi connectivity index (χ4n) is 4.50. The van der Waals surface area contributed by atoms with Gasteiger partial charge in [-0.05, 0) is 38.8 Å².